The van der Waals surface area contributed by atoms with Crippen LogP contribution in [0.5, 0.6) is 0 Å². The summed E-state index contributed by atoms with van der Waals surface area (Å²) in [5.41, 5.74) is 2.32. The van der Waals surface area contributed by atoms with Crippen LogP contribution in [0.25, 0.3) is 10.9 Å². The van der Waals surface area contributed by atoms with Crippen LogP contribution in [0.2, 0.25) is 0 Å². The highest BCUT2D eigenvalue weighted by molar-refractivity contribution is 7.89. The maximum absolute atomic E-state index is 13.7. The Morgan fingerprint density at radius 3 is 2.44 bits per heavy atom. The molecule has 1 aliphatic heterocycles. The van der Waals surface area contributed by atoms with Crippen molar-refractivity contribution in [1.29, 1.82) is 0 Å². The van der Waals surface area contributed by atoms with Gasteiger partial charge in [0.2, 0.25) is 10.0 Å². The normalized spacial score (nSPS) is 15.7. The van der Waals surface area contributed by atoms with Crippen LogP contribution in [-0.4, -0.2) is 61.7 Å². The maximum atomic E-state index is 13.7. The zero-order valence-corrected chi connectivity index (χ0v) is 18.8. The van der Waals surface area contributed by atoms with Gasteiger partial charge in [0.05, 0.1) is 16.0 Å². The number of aromatic nitrogens is 1. The molecule has 32 heavy (non-hydrogen) atoms. The number of amides is 1. The smallest absolute Gasteiger partial charge is 0.252 e. The third kappa shape index (κ3) is 4.64. The number of carbonyl (C=O) groups is 1. The molecule has 168 valence electrons. The monoisotopic (exact) mass is 456 g/mol. The van der Waals surface area contributed by atoms with Crippen molar-refractivity contribution in [2.75, 3.05) is 33.2 Å². The van der Waals surface area contributed by atoms with E-state index in [1.165, 1.54) is 16.4 Å². The molecular formula is C23H25FN4O3S. The Hall–Kier alpha value is -2.88. The van der Waals surface area contributed by atoms with Crippen molar-refractivity contribution in [1.82, 2.24) is 19.5 Å². The minimum absolute atomic E-state index is 0.214. The van der Waals surface area contributed by atoms with Crippen molar-refractivity contribution in [2.45, 2.75) is 18.4 Å². The Balaban J connectivity index is 1.46. The molecule has 1 amide bonds. The quantitative estimate of drug-likeness (QED) is 0.638. The first-order valence-corrected chi connectivity index (χ1v) is 11.8. The van der Waals surface area contributed by atoms with Crippen molar-refractivity contribution in [3.63, 3.8) is 0 Å². The number of piperazine rings is 1. The van der Waals surface area contributed by atoms with E-state index in [9.17, 15) is 17.6 Å². The maximum Gasteiger partial charge on any atom is 0.252 e. The van der Waals surface area contributed by atoms with Crippen molar-refractivity contribution >= 4 is 26.8 Å². The van der Waals surface area contributed by atoms with Crippen LogP contribution in [-0.2, 0) is 16.6 Å². The summed E-state index contributed by atoms with van der Waals surface area (Å²) in [7, 11) is -1.56. The van der Waals surface area contributed by atoms with Crippen LogP contribution < -0.4 is 5.32 Å². The van der Waals surface area contributed by atoms with E-state index in [0.29, 0.717) is 48.3 Å². The van der Waals surface area contributed by atoms with Crippen LogP contribution in [0.15, 0.2) is 53.4 Å². The van der Waals surface area contributed by atoms with Gasteiger partial charge in [-0.3, -0.25) is 9.78 Å². The number of halogens is 1. The summed E-state index contributed by atoms with van der Waals surface area (Å²) >= 11 is 0. The van der Waals surface area contributed by atoms with Gasteiger partial charge in [0, 0.05) is 43.8 Å². The highest BCUT2D eigenvalue weighted by Crippen LogP contribution is 2.21. The van der Waals surface area contributed by atoms with Crippen molar-refractivity contribution < 1.29 is 17.6 Å². The Labute approximate surface area is 186 Å². The van der Waals surface area contributed by atoms with Gasteiger partial charge in [-0.15, -0.1) is 0 Å². The molecule has 3 aromatic rings. The molecular weight excluding hydrogens is 431 g/mol. The SMILES string of the molecule is Cc1cc(C(=O)NCc2ccc(S(=O)(=O)N3CCN(C)CC3)cc2)c2cc(F)ccc2n1. The van der Waals surface area contributed by atoms with E-state index in [4.69, 9.17) is 0 Å². The Kier molecular flexibility index (Phi) is 6.23. The second-order valence-corrected chi connectivity index (χ2v) is 9.94. The fourth-order valence-corrected chi connectivity index (χ4v) is 5.17. The second kappa shape index (κ2) is 8.93. The molecule has 2 aromatic carbocycles. The first-order chi connectivity index (χ1) is 15.2. The third-order valence-corrected chi connectivity index (χ3v) is 7.53. The molecule has 1 fully saturated rings. The summed E-state index contributed by atoms with van der Waals surface area (Å²) in [5.74, 6) is -0.783. The van der Waals surface area contributed by atoms with Crippen LogP contribution in [0.1, 0.15) is 21.6 Å². The minimum Gasteiger partial charge on any atom is -0.348 e. The molecule has 0 bridgehead atoms. The highest BCUT2D eigenvalue weighted by atomic mass is 32.2. The second-order valence-electron chi connectivity index (χ2n) is 8.01. The van der Waals surface area contributed by atoms with E-state index in [0.717, 1.165) is 5.56 Å². The third-order valence-electron chi connectivity index (χ3n) is 5.62. The Morgan fingerprint density at radius 1 is 1.06 bits per heavy atom. The molecule has 0 aliphatic carbocycles. The van der Waals surface area contributed by atoms with Crippen LogP contribution in [0.4, 0.5) is 4.39 Å². The number of nitrogens with one attached hydrogen (secondary N) is 1. The zero-order valence-electron chi connectivity index (χ0n) is 18.0. The van der Waals surface area contributed by atoms with Gasteiger partial charge in [0.1, 0.15) is 5.82 Å². The molecule has 9 heteroatoms. The number of likely N-dealkylation sites (N-methyl/N-ethyl adjacent to an activating group) is 1. The van der Waals surface area contributed by atoms with E-state index in [1.54, 1.807) is 43.3 Å². The fraction of sp³-hybridized carbons (Fsp3) is 0.304. The summed E-state index contributed by atoms with van der Waals surface area (Å²) in [6, 6.07) is 12.3. The van der Waals surface area contributed by atoms with E-state index >= 15 is 0 Å². The largest absolute Gasteiger partial charge is 0.348 e. The first kappa shape index (κ1) is 22.3. The molecule has 1 N–H and O–H groups in total. The van der Waals surface area contributed by atoms with Crippen LogP contribution in [0.3, 0.4) is 0 Å². The molecule has 1 aliphatic rings. The Bertz CT molecular complexity index is 1250. The minimum atomic E-state index is -3.53. The summed E-state index contributed by atoms with van der Waals surface area (Å²) in [4.78, 5) is 19.5. The fourth-order valence-electron chi connectivity index (χ4n) is 3.75. The summed E-state index contributed by atoms with van der Waals surface area (Å²) in [5, 5.41) is 3.27. The van der Waals surface area contributed by atoms with E-state index in [-0.39, 0.29) is 17.3 Å². The molecule has 2 heterocycles. The zero-order chi connectivity index (χ0) is 22.9. The van der Waals surface area contributed by atoms with Crippen LogP contribution >= 0.6 is 0 Å². The topological polar surface area (TPSA) is 82.6 Å². The number of rotatable bonds is 5. The van der Waals surface area contributed by atoms with Gasteiger partial charge in [-0.2, -0.15) is 4.31 Å². The number of benzene rings is 2. The van der Waals surface area contributed by atoms with Gasteiger partial charge in [-0.25, -0.2) is 12.8 Å². The lowest BCUT2D eigenvalue weighted by atomic mass is 10.1. The van der Waals surface area contributed by atoms with Crippen molar-refractivity contribution in [3.8, 4) is 0 Å². The number of carbonyl (C=O) groups excluding carboxylic acids is 1. The number of aryl methyl sites for hydroxylation is 1. The number of nitrogens with zero attached hydrogens (tertiary/aromatic N) is 3. The van der Waals surface area contributed by atoms with Crippen LogP contribution in [0, 0.1) is 12.7 Å². The average Bonchev–Trinajstić information content (AvgIpc) is 2.78. The average molecular weight is 457 g/mol. The van der Waals surface area contributed by atoms with E-state index in [2.05, 4.69) is 15.2 Å². The van der Waals surface area contributed by atoms with Gasteiger partial charge in [0.25, 0.3) is 5.91 Å². The lowest BCUT2D eigenvalue weighted by Gasteiger charge is -2.31. The number of pyridine rings is 1. The van der Waals surface area contributed by atoms with Gasteiger partial charge in [-0.1, -0.05) is 12.1 Å². The number of hydrogen-bond donors (Lipinski definition) is 1. The lowest BCUT2D eigenvalue weighted by molar-refractivity contribution is 0.0952. The molecule has 0 unspecified atom stereocenters. The van der Waals surface area contributed by atoms with Gasteiger partial charge < -0.3 is 10.2 Å². The summed E-state index contributed by atoms with van der Waals surface area (Å²) in [6.07, 6.45) is 0. The molecule has 1 saturated heterocycles. The molecule has 7 nitrogen and oxygen atoms in total. The van der Waals surface area contributed by atoms with Gasteiger partial charge in [0.15, 0.2) is 0 Å². The van der Waals surface area contributed by atoms with Crippen molar-refractivity contribution in [3.05, 3.63) is 71.2 Å². The molecule has 0 radical (unpaired) electrons. The number of hydrogen-bond acceptors (Lipinski definition) is 5. The molecule has 0 atom stereocenters. The predicted octanol–water partition coefficient (Wildman–Crippen LogP) is 2.55. The van der Waals surface area contributed by atoms with Gasteiger partial charge >= 0.3 is 0 Å². The lowest BCUT2D eigenvalue weighted by Crippen LogP contribution is -2.47. The van der Waals surface area contributed by atoms with E-state index < -0.39 is 15.8 Å². The van der Waals surface area contributed by atoms with Gasteiger partial charge in [-0.05, 0) is 55.9 Å². The highest BCUT2D eigenvalue weighted by Gasteiger charge is 2.27. The first-order valence-electron chi connectivity index (χ1n) is 10.4. The molecule has 0 spiro atoms. The summed E-state index contributed by atoms with van der Waals surface area (Å²) in [6.45, 7) is 4.34. The van der Waals surface area contributed by atoms with E-state index in [1.807, 2.05) is 7.05 Å². The molecule has 0 saturated carbocycles. The summed E-state index contributed by atoms with van der Waals surface area (Å²) < 4.78 is 40.9. The molecule has 1 aromatic heterocycles. The standard InChI is InChI=1S/C23H25FN4O3S/c1-16-13-21(20-14-18(24)5-8-22(20)26-16)23(29)25-15-17-3-6-19(7-4-17)32(30,31)28-11-9-27(2)10-12-28/h3-8,13-14H,9-12,15H2,1-2H3,(H,25,29). The Morgan fingerprint density at radius 2 is 1.75 bits per heavy atom. The predicted molar refractivity (Wildman–Crippen MR) is 120 cm³/mol. The molecule has 4 rings (SSSR count). The number of sulfonamides is 1. The number of fused-ring (bicyclic) bond motifs is 1. The van der Waals surface area contributed by atoms with Crippen molar-refractivity contribution in [2.24, 2.45) is 0 Å².